The summed E-state index contributed by atoms with van der Waals surface area (Å²) in [4.78, 5) is 13.6. The van der Waals surface area contributed by atoms with Crippen molar-refractivity contribution >= 4 is 39.0 Å². The third kappa shape index (κ3) is 3.15. The van der Waals surface area contributed by atoms with Gasteiger partial charge in [0.15, 0.2) is 5.84 Å². The van der Waals surface area contributed by atoms with Gasteiger partial charge in [0, 0.05) is 11.4 Å². The number of nitrogens with one attached hydrogen (secondary N) is 1. The number of thiophene rings is 1. The van der Waals surface area contributed by atoms with Crippen LogP contribution in [0.1, 0.15) is 30.6 Å². The lowest BCUT2D eigenvalue weighted by Gasteiger charge is -2.25. The molecule has 1 aliphatic rings. The first-order valence-corrected chi connectivity index (χ1v) is 8.20. The second-order valence-electron chi connectivity index (χ2n) is 4.99. The first kappa shape index (κ1) is 15.3. The number of hydrogen-bond acceptors (Lipinski definition) is 4. The van der Waals surface area contributed by atoms with E-state index >= 15 is 0 Å². The van der Waals surface area contributed by atoms with E-state index in [9.17, 15) is 4.79 Å². The zero-order valence-electron chi connectivity index (χ0n) is 11.1. The Bertz CT molecular complexity index is 509. The second-order valence-corrected chi connectivity index (χ2v) is 7.53. The maximum atomic E-state index is 12.4. The Balaban J connectivity index is 1.93. The maximum Gasteiger partial charge on any atom is 0.233 e. The number of amides is 1. The first-order chi connectivity index (χ1) is 9.58. The van der Waals surface area contributed by atoms with Gasteiger partial charge in [0.25, 0.3) is 0 Å². The number of carbonyl (C=O) groups is 1. The van der Waals surface area contributed by atoms with Gasteiger partial charge in [-0.2, -0.15) is 0 Å². The third-order valence-corrected chi connectivity index (χ3v) is 5.46. The molecule has 0 unspecified atom stereocenters. The molecular formula is C13H18BrN3O2S. The monoisotopic (exact) mass is 359 g/mol. The SMILES string of the molecule is N/C(=N/O)C1(C(=O)NCCc2ccc(Br)s2)CCCC1. The summed E-state index contributed by atoms with van der Waals surface area (Å²) in [6, 6.07) is 4.03. The highest BCUT2D eigenvalue weighted by atomic mass is 79.9. The number of hydrogen-bond donors (Lipinski definition) is 3. The van der Waals surface area contributed by atoms with Gasteiger partial charge in [-0.05, 0) is 47.3 Å². The van der Waals surface area contributed by atoms with Crippen LogP contribution >= 0.6 is 27.3 Å². The molecule has 1 aliphatic carbocycles. The molecule has 1 aromatic heterocycles. The molecular weight excluding hydrogens is 342 g/mol. The number of rotatable bonds is 5. The normalized spacial score (nSPS) is 18.1. The van der Waals surface area contributed by atoms with Crippen molar-refractivity contribution in [2.75, 3.05) is 6.54 Å². The first-order valence-electron chi connectivity index (χ1n) is 6.59. The standard InChI is InChI=1S/C13H18BrN3O2S/c14-10-4-3-9(20-10)5-8-16-12(18)13(11(15)17-19)6-1-2-7-13/h3-4,19H,1-2,5-8H2,(H2,15,17)(H,16,18). The summed E-state index contributed by atoms with van der Waals surface area (Å²) in [5.41, 5.74) is 4.92. The minimum atomic E-state index is -0.815. The minimum absolute atomic E-state index is 0.0337. The van der Waals surface area contributed by atoms with Crippen LogP contribution in [0.5, 0.6) is 0 Å². The third-order valence-electron chi connectivity index (χ3n) is 3.78. The fraction of sp³-hybridized carbons (Fsp3) is 0.538. The Morgan fingerprint density at radius 3 is 2.75 bits per heavy atom. The topological polar surface area (TPSA) is 87.7 Å². The fourth-order valence-electron chi connectivity index (χ4n) is 2.63. The van der Waals surface area contributed by atoms with Crippen molar-refractivity contribution in [1.29, 1.82) is 0 Å². The van der Waals surface area contributed by atoms with E-state index in [1.54, 1.807) is 11.3 Å². The summed E-state index contributed by atoms with van der Waals surface area (Å²) >= 11 is 5.07. The van der Waals surface area contributed by atoms with Crippen LogP contribution in [0.25, 0.3) is 0 Å². The molecule has 1 fully saturated rings. The van der Waals surface area contributed by atoms with E-state index in [0.29, 0.717) is 19.4 Å². The Morgan fingerprint density at radius 1 is 1.50 bits per heavy atom. The maximum absolute atomic E-state index is 12.4. The number of oxime groups is 1. The Kier molecular flexibility index (Phi) is 5.04. The van der Waals surface area contributed by atoms with Gasteiger partial charge >= 0.3 is 0 Å². The average Bonchev–Trinajstić information content (AvgIpc) is 3.07. The van der Waals surface area contributed by atoms with E-state index < -0.39 is 5.41 Å². The molecule has 110 valence electrons. The molecule has 1 saturated carbocycles. The predicted octanol–water partition coefficient (Wildman–Crippen LogP) is 2.48. The lowest BCUT2D eigenvalue weighted by Crippen LogP contribution is -2.48. The minimum Gasteiger partial charge on any atom is -0.409 e. The van der Waals surface area contributed by atoms with Crippen molar-refractivity contribution in [3.05, 3.63) is 20.8 Å². The summed E-state index contributed by atoms with van der Waals surface area (Å²) in [5.74, 6) is -0.0905. The lowest BCUT2D eigenvalue weighted by atomic mass is 9.84. The zero-order chi connectivity index (χ0) is 14.6. The smallest absolute Gasteiger partial charge is 0.233 e. The average molecular weight is 360 g/mol. The summed E-state index contributed by atoms with van der Waals surface area (Å²) in [6.45, 7) is 0.562. The quantitative estimate of drug-likeness (QED) is 0.326. The van der Waals surface area contributed by atoms with Crippen molar-refractivity contribution in [2.24, 2.45) is 16.3 Å². The molecule has 2 rings (SSSR count). The number of nitrogens with two attached hydrogens (primary N) is 1. The van der Waals surface area contributed by atoms with Gasteiger partial charge in [0.1, 0.15) is 5.41 Å². The van der Waals surface area contributed by atoms with Crippen molar-refractivity contribution in [1.82, 2.24) is 5.32 Å². The molecule has 1 heterocycles. The van der Waals surface area contributed by atoms with Gasteiger partial charge in [-0.1, -0.05) is 18.0 Å². The highest BCUT2D eigenvalue weighted by molar-refractivity contribution is 9.11. The molecule has 0 saturated heterocycles. The van der Waals surface area contributed by atoms with Gasteiger partial charge in [0.2, 0.25) is 5.91 Å². The van der Waals surface area contributed by atoms with E-state index in [4.69, 9.17) is 10.9 Å². The molecule has 0 radical (unpaired) electrons. The number of carbonyl (C=O) groups excluding carboxylic acids is 1. The van der Waals surface area contributed by atoms with E-state index in [1.807, 2.05) is 12.1 Å². The number of amidine groups is 1. The van der Waals surface area contributed by atoms with Gasteiger partial charge in [0.05, 0.1) is 3.79 Å². The highest BCUT2D eigenvalue weighted by Crippen LogP contribution is 2.38. The Morgan fingerprint density at radius 2 is 2.20 bits per heavy atom. The molecule has 4 N–H and O–H groups in total. The van der Waals surface area contributed by atoms with Crippen LogP contribution in [0.2, 0.25) is 0 Å². The van der Waals surface area contributed by atoms with Gasteiger partial charge < -0.3 is 16.3 Å². The molecule has 0 bridgehead atoms. The summed E-state index contributed by atoms with van der Waals surface area (Å²) < 4.78 is 1.09. The van der Waals surface area contributed by atoms with Crippen LogP contribution in [0, 0.1) is 5.41 Å². The van der Waals surface area contributed by atoms with E-state index in [-0.39, 0.29) is 11.7 Å². The van der Waals surface area contributed by atoms with Crippen LogP contribution in [0.3, 0.4) is 0 Å². The highest BCUT2D eigenvalue weighted by Gasteiger charge is 2.45. The number of nitrogens with zero attached hydrogens (tertiary/aromatic N) is 1. The predicted molar refractivity (Wildman–Crippen MR) is 83.0 cm³/mol. The molecule has 1 aromatic rings. The number of halogens is 1. The molecule has 1 amide bonds. The summed E-state index contributed by atoms with van der Waals surface area (Å²) in [6.07, 6.45) is 3.95. The largest absolute Gasteiger partial charge is 0.409 e. The van der Waals surface area contributed by atoms with Gasteiger partial charge in [-0.25, -0.2) is 0 Å². The Hall–Kier alpha value is -1.08. The van der Waals surface area contributed by atoms with Gasteiger partial charge in [-0.15, -0.1) is 11.3 Å². The van der Waals surface area contributed by atoms with Crippen molar-refractivity contribution < 1.29 is 10.0 Å². The van der Waals surface area contributed by atoms with Crippen LogP contribution < -0.4 is 11.1 Å². The van der Waals surface area contributed by atoms with E-state index in [1.165, 1.54) is 4.88 Å². The fourth-order valence-corrected chi connectivity index (χ4v) is 4.11. The van der Waals surface area contributed by atoms with E-state index in [2.05, 4.69) is 26.4 Å². The van der Waals surface area contributed by atoms with Crippen molar-refractivity contribution in [3.8, 4) is 0 Å². The van der Waals surface area contributed by atoms with Crippen LogP contribution in [0.4, 0.5) is 0 Å². The Labute approximate surface area is 130 Å². The molecule has 0 aromatic carbocycles. The van der Waals surface area contributed by atoms with Crippen LogP contribution in [-0.4, -0.2) is 23.5 Å². The summed E-state index contributed by atoms with van der Waals surface area (Å²) in [7, 11) is 0. The zero-order valence-corrected chi connectivity index (χ0v) is 13.5. The second kappa shape index (κ2) is 6.58. The molecule has 0 spiro atoms. The van der Waals surface area contributed by atoms with E-state index in [0.717, 1.165) is 23.0 Å². The molecule has 0 aliphatic heterocycles. The molecule has 20 heavy (non-hydrogen) atoms. The lowest BCUT2D eigenvalue weighted by molar-refractivity contribution is -0.127. The van der Waals surface area contributed by atoms with Gasteiger partial charge in [-0.3, -0.25) is 4.79 Å². The van der Waals surface area contributed by atoms with Crippen molar-refractivity contribution in [2.45, 2.75) is 32.1 Å². The van der Waals surface area contributed by atoms with Crippen LogP contribution in [0.15, 0.2) is 21.1 Å². The molecule has 7 heteroatoms. The summed E-state index contributed by atoms with van der Waals surface area (Å²) in [5, 5.41) is 14.9. The van der Waals surface area contributed by atoms with Crippen molar-refractivity contribution in [3.63, 3.8) is 0 Å². The molecule has 0 atom stereocenters. The van der Waals surface area contributed by atoms with Crippen LogP contribution in [-0.2, 0) is 11.2 Å². The molecule has 5 nitrogen and oxygen atoms in total.